The summed E-state index contributed by atoms with van der Waals surface area (Å²) in [6, 6.07) is 16.1. The second-order valence-electron chi connectivity index (χ2n) is 4.75. The number of benzene rings is 2. The highest BCUT2D eigenvalue weighted by atomic mass is 16.5. The van der Waals surface area contributed by atoms with Crippen LogP contribution in [0.5, 0.6) is 5.75 Å². The molecule has 1 N–H and O–H groups in total. The summed E-state index contributed by atoms with van der Waals surface area (Å²) >= 11 is 0. The van der Waals surface area contributed by atoms with Gasteiger partial charge < -0.3 is 10.1 Å². The molecular formula is C17H18N2O. The van der Waals surface area contributed by atoms with Gasteiger partial charge in [-0.25, -0.2) is 0 Å². The van der Waals surface area contributed by atoms with E-state index in [0.717, 1.165) is 12.2 Å². The second kappa shape index (κ2) is 6.63. The van der Waals surface area contributed by atoms with E-state index in [9.17, 15) is 0 Å². The van der Waals surface area contributed by atoms with Crippen LogP contribution in [0.3, 0.4) is 0 Å². The zero-order chi connectivity index (χ0) is 14.4. The number of nitriles is 1. The van der Waals surface area contributed by atoms with E-state index in [1.807, 2.05) is 30.3 Å². The van der Waals surface area contributed by atoms with Gasteiger partial charge in [-0.1, -0.05) is 23.8 Å². The number of rotatable bonds is 5. The summed E-state index contributed by atoms with van der Waals surface area (Å²) in [6.07, 6.45) is 0. The van der Waals surface area contributed by atoms with Crippen LogP contribution in [-0.2, 0) is 6.54 Å². The van der Waals surface area contributed by atoms with Gasteiger partial charge in [0, 0.05) is 12.2 Å². The molecular weight excluding hydrogens is 248 g/mol. The average molecular weight is 266 g/mol. The van der Waals surface area contributed by atoms with Gasteiger partial charge in [0.25, 0.3) is 0 Å². The standard InChI is InChI=1S/C17H18N2O/c1-13-3-4-14(2)15(11-13)12-19-16-5-7-17(8-6-16)20-10-9-18/h3-8,11,19H,10,12H2,1-2H3. The number of ether oxygens (including phenoxy) is 1. The molecule has 0 heterocycles. The van der Waals surface area contributed by atoms with Crippen molar-refractivity contribution in [2.75, 3.05) is 11.9 Å². The number of hydrogen-bond acceptors (Lipinski definition) is 3. The highest BCUT2D eigenvalue weighted by molar-refractivity contribution is 5.47. The molecule has 0 aliphatic carbocycles. The van der Waals surface area contributed by atoms with Crippen LogP contribution in [0.2, 0.25) is 0 Å². The van der Waals surface area contributed by atoms with Gasteiger partial charge in [0.15, 0.2) is 6.61 Å². The highest BCUT2D eigenvalue weighted by Crippen LogP contribution is 2.17. The largest absolute Gasteiger partial charge is 0.479 e. The third kappa shape index (κ3) is 3.76. The molecule has 0 bridgehead atoms. The summed E-state index contributed by atoms with van der Waals surface area (Å²) in [5.74, 6) is 0.712. The first-order valence-corrected chi connectivity index (χ1v) is 6.59. The summed E-state index contributed by atoms with van der Waals surface area (Å²) in [5, 5.41) is 11.8. The predicted molar refractivity (Wildman–Crippen MR) is 80.8 cm³/mol. The molecule has 0 aliphatic heterocycles. The van der Waals surface area contributed by atoms with Crippen LogP contribution in [0, 0.1) is 25.2 Å². The van der Waals surface area contributed by atoms with E-state index >= 15 is 0 Å². The van der Waals surface area contributed by atoms with Gasteiger partial charge in [-0.15, -0.1) is 0 Å². The van der Waals surface area contributed by atoms with E-state index in [4.69, 9.17) is 10.00 Å². The van der Waals surface area contributed by atoms with Gasteiger partial charge in [-0.3, -0.25) is 0 Å². The molecule has 0 aliphatic rings. The maximum atomic E-state index is 8.45. The Balaban J connectivity index is 1.97. The van der Waals surface area contributed by atoms with Crippen molar-refractivity contribution >= 4 is 5.69 Å². The molecule has 0 saturated carbocycles. The minimum atomic E-state index is 0.0786. The molecule has 20 heavy (non-hydrogen) atoms. The smallest absolute Gasteiger partial charge is 0.174 e. The molecule has 3 nitrogen and oxygen atoms in total. The van der Waals surface area contributed by atoms with Crippen LogP contribution >= 0.6 is 0 Å². The molecule has 3 heteroatoms. The average Bonchev–Trinajstić information content (AvgIpc) is 2.47. The summed E-state index contributed by atoms with van der Waals surface area (Å²) < 4.78 is 5.22. The summed E-state index contributed by atoms with van der Waals surface area (Å²) in [7, 11) is 0. The maximum absolute atomic E-state index is 8.45. The third-order valence-electron chi connectivity index (χ3n) is 3.15. The number of nitrogens with zero attached hydrogens (tertiary/aromatic N) is 1. The van der Waals surface area contributed by atoms with E-state index in [2.05, 4.69) is 37.4 Å². The van der Waals surface area contributed by atoms with E-state index in [0.29, 0.717) is 5.75 Å². The van der Waals surface area contributed by atoms with Gasteiger partial charge in [0.05, 0.1) is 0 Å². The Morgan fingerprint density at radius 2 is 1.85 bits per heavy atom. The highest BCUT2D eigenvalue weighted by Gasteiger charge is 2.00. The van der Waals surface area contributed by atoms with Gasteiger partial charge in [-0.2, -0.15) is 5.26 Å². The van der Waals surface area contributed by atoms with E-state index in [1.165, 1.54) is 16.7 Å². The molecule has 2 aromatic carbocycles. The number of aryl methyl sites for hydroxylation is 2. The fourth-order valence-corrected chi connectivity index (χ4v) is 1.97. The SMILES string of the molecule is Cc1ccc(C)c(CNc2ccc(OCC#N)cc2)c1. The molecule has 0 unspecified atom stereocenters. The lowest BCUT2D eigenvalue weighted by Gasteiger charge is -2.10. The number of nitrogens with one attached hydrogen (secondary N) is 1. The third-order valence-corrected chi connectivity index (χ3v) is 3.15. The van der Waals surface area contributed by atoms with Crippen molar-refractivity contribution in [2.45, 2.75) is 20.4 Å². The van der Waals surface area contributed by atoms with Crippen LogP contribution in [0.25, 0.3) is 0 Å². The van der Waals surface area contributed by atoms with Crippen molar-refractivity contribution < 1.29 is 4.74 Å². The Bertz CT molecular complexity index is 612. The van der Waals surface area contributed by atoms with Crippen molar-refractivity contribution in [3.63, 3.8) is 0 Å². The second-order valence-corrected chi connectivity index (χ2v) is 4.75. The van der Waals surface area contributed by atoms with E-state index < -0.39 is 0 Å². The molecule has 0 spiro atoms. The van der Waals surface area contributed by atoms with Crippen molar-refractivity contribution in [1.29, 1.82) is 5.26 Å². The van der Waals surface area contributed by atoms with Crippen molar-refractivity contribution in [1.82, 2.24) is 0 Å². The first kappa shape index (κ1) is 14.0. The summed E-state index contributed by atoms with van der Waals surface area (Å²) in [4.78, 5) is 0. The lowest BCUT2D eigenvalue weighted by Crippen LogP contribution is -2.02. The summed E-state index contributed by atoms with van der Waals surface area (Å²) in [5.41, 5.74) is 4.90. The molecule has 0 aromatic heterocycles. The Hall–Kier alpha value is -2.47. The molecule has 0 atom stereocenters. The van der Waals surface area contributed by atoms with Crippen molar-refractivity contribution in [2.24, 2.45) is 0 Å². The fourth-order valence-electron chi connectivity index (χ4n) is 1.97. The van der Waals surface area contributed by atoms with Crippen LogP contribution < -0.4 is 10.1 Å². The Morgan fingerprint density at radius 1 is 1.10 bits per heavy atom. The molecule has 102 valence electrons. The van der Waals surface area contributed by atoms with Crippen molar-refractivity contribution in [3.05, 3.63) is 59.2 Å². The lowest BCUT2D eigenvalue weighted by atomic mass is 10.1. The molecule has 2 aromatic rings. The Morgan fingerprint density at radius 3 is 2.55 bits per heavy atom. The first-order valence-electron chi connectivity index (χ1n) is 6.59. The van der Waals surface area contributed by atoms with E-state index in [-0.39, 0.29) is 6.61 Å². The minimum absolute atomic E-state index is 0.0786. The van der Waals surface area contributed by atoms with Crippen LogP contribution in [-0.4, -0.2) is 6.61 Å². The molecule has 0 saturated heterocycles. The van der Waals surface area contributed by atoms with Crippen LogP contribution in [0.4, 0.5) is 5.69 Å². The topological polar surface area (TPSA) is 45.0 Å². The van der Waals surface area contributed by atoms with Crippen LogP contribution in [0.15, 0.2) is 42.5 Å². The van der Waals surface area contributed by atoms with E-state index in [1.54, 1.807) is 0 Å². The monoisotopic (exact) mass is 266 g/mol. The first-order chi connectivity index (χ1) is 9.69. The Kier molecular flexibility index (Phi) is 4.62. The lowest BCUT2D eigenvalue weighted by molar-refractivity contribution is 0.368. The quantitative estimate of drug-likeness (QED) is 0.894. The van der Waals surface area contributed by atoms with Gasteiger partial charge in [-0.05, 0) is 49.2 Å². The molecule has 0 fully saturated rings. The molecule has 0 amide bonds. The number of hydrogen-bond donors (Lipinski definition) is 1. The maximum Gasteiger partial charge on any atom is 0.174 e. The normalized spacial score (nSPS) is 9.85. The zero-order valence-corrected chi connectivity index (χ0v) is 11.8. The van der Waals surface area contributed by atoms with Gasteiger partial charge >= 0.3 is 0 Å². The van der Waals surface area contributed by atoms with Gasteiger partial charge in [0.1, 0.15) is 11.8 Å². The predicted octanol–water partition coefficient (Wildman–Crippen LogP) is 3.82. The Labute approximate surface area is 119 Å². The molecule has 0 radical (unpaired) electrons. The summed E-state index contributed by atoms with van der Waals surface area (Å²) in [6.45, 7) is 5.10. The van der Waals surface area contributed by atoms with Gasteiger partial charge in [0.2, 0.25) is 0 Å². The fraction of sp³-hybridized carbons (Fsp3) is 0.235. The van der Waals surface area contributed by atoms with Crippen molar-refractivity contribution in [3.8, 4) is 11.8 Å². The number of anilines is 1. The zero-order valence-electron chi connectivity index (χ0n) is 11.8. The van der Waals surface area contributed by atoms with Crippen LogP contribution in [0.1, 0.15) is 16.7 Å². The minimum Gasteiger partial charge on any atom is -0.479 e. The molecule has 2 rings (SSSR count).